The second-order valence-corrected chi connectivity index (χ2v) is 5.98. The number of hydrogen-bond donors (Lipinski definition) is 1. The molecule has 0 amide bonds. The zero-order valence-corrected chi connectivity index (χ0v) is 12.7. The Morgan fingerprint density at radius 3 is 2.76 bits per heavy atom. The molecule has 0 heterocycles. The van der Waals surface area contributed by atoms with Gasteiger partial charge < -0.3 is 5.32 Å². The molecule has 3 rings (SSSR count). The molecule has 1 unspecified atom stereocenters. The summed E-state index contributed by atoms with van der Waals surface area (Å²) >= 11 is 0. The third-order valence-corrected chi connectivity index (χ3v) is 4.55. The van der Waals surface area contributed by atoms with E-state index in [2.05, 4.69) is 23.5 Å². The third kappa shape index (κ3) is 2.86. The van der Waals surface area contributed by atoms with Crippen LogP contribution in [0.4, 0.5) is 4.39 Å². The summed E-state index contributed by atoms with van der Waals surface area (Å²) in [5.41, 5.74) is 5.73. The predicted octanol–water partition coefficient (Wildman–Crippen LogP) is 4.13. The van der Waals surface area contributed by atoms with Crippen LogP contribution in [-0.2, 0) is 19.3 Å². The van der Waals surface area contributed by atoms with Crippen LogP contribution in [0.25, 0.3) is 0 Å². The molecule has 0 saturated carbocycles. The van der Waals surface area contributed by atoms with Crippen LogP contribution in [0.1, 0.15) is 40.3 Å². The van der Waals surface area contributed by atoms with Gasteiger partial charge in [0.1, 0.15) is 5.82 Å². The number of likely N-dealkylation sites (N-methyl/N-ethyl adjacent to an activating group) is 1. The van der Waals surface area contributed by atoms with Crippen molar-refractivity contribution in [2.24, 2.45) is 0 Å². The molecule has 21 heavy (non-hydrogen) atoms. The van der Waals surface area contributed by atoms with E-state index >= 15 is 0 Å². The summed E-state index contributed by atoms with van der Waals surface area (Å²) in [5.74, 6) is -0.0852. The number of rotatable bonds is 4. The van der Waals surface area contributed by atoms with Crippen LogP contribution < -0.4 is 5.32 Å². The fourth-order valence-electron chi connectivity index (χ4n) is 3.29. The summed E-state index contributed by atoms with van der Waals surface area (Å²) in [6, 6.07) is 12.4. The Bertz CT molecular complexity index is 648. The maximum Gasteiger partial charge on any atom is 0.130 e. The molecule has 2 heteroatoms. The average molecular weight is 283 g/mol. The largest absolute Gasteiger partial charge is 0.313 e. The molecular formula is C19H22FN. The fourth-order valence-corrected chi connectivity index (χ4v) is 3.29. The molecule has 2 aromatic rings. The van der Waals surface area contributed by atoms with Gasteiger partial charge in [0.2, 0.25) is 0 Å². The van der Waals surface area contributed by atoms with E-state index in [9.17, 15) is 4.39 Å². The molecule has 110 valence electrons. The zero-order valence-electron chi connectivity index (χ0n) is 12.7. The van der Waals surface area contributed by atoms with Gasteiger partial charge in [-0.2, -0.15) is 0 Å². The predicted molar refractivity (Wildman–Crippen MR) is 85.1 cm³/mol. The van der Waals surface area contributed by atoms with Crippen molar-refractivity contribution < 1.29 is 4.39 Å². The summed E-state index contributed by atoms with van der Waals surface area (Å²) in [6.45, 7) is 1.82. The van der Waals surface area contributed by atoms with E-state index in [0.717, 1.165) is 12.0 Å². The molecular weight excluding hydrogens is 261 g/mol. The molecule has 0 aliphatic heterocycles. The SMILES string of the molecule is CNC(Cc1ccc2c(c1)CCC2)c1cccc(C)c1F. The van der Waals surface area contributed by atoms with E-state index in [0.29, 0.717) is 5.56 Å². The number of nitrogens with one attached hydrogen (secondary N) is 1. The van der Waals surface area contributed by atoms with Gasteiger partial charge in [0, 0.05) is 11.6 Å². The van der Waals surface area contributed by atoms with E-state index in [1.807, 2.05) is 32.2 Å². The minimum absolute atomic E-state index is 0.0179. The first-order valence-electron chi connectivity index (χ1n) is 7.72. The first kappa shape index (κ1) is 14.3. The second-order valence-electron chi connectivity index (χ2n) is 5.98. The van der Waals surface area contributed by atoms with Crippen molar-refractivity contribution in [3.8, 4) is 0 Å². The minimum Gasteiger partial charge on any atom is -0.313 e. The lowest BCUT2D eigenvalue weighted by molar-refractivity contribution is 0.529. The number of aryl methyl sites for hydroxylation is 3. The van der Waals surface area contributed by atoms with E-state index in [1.165, 1.54) is 36.0 Å². The van der Waals surface area contributed by atoms with Crippen LogP contribution in [-0.4, -0.2) is 7.05 Å². The monoisotopic (exact) mass is 283 g/mol. The maximum absolute atomic E-state index is 14.3. The number of hydrogen-bond acceptors (Lipinski definition) is 1. The summed E-state index contributed by atoms with van der Waals surface area (Å²) in [5, 5.41) is 3.26. The van der Waals surface area contributed by atoms with Crippen molar-refractivity contribution >= 4 is 0 Å². The van der Waals surface area contributed by atoms with Gasteiger partial charge in [-0.25, -0.2) is 4.39 Å². The molecule has 0 spiro atoms. The lowest BCUT2D eigenvalue weighted by Gasteiger charge is -2.19. The summed E-state index contributed by atoms with van der Waals surface area (Å²) in [7, 11) is 1.90. The molecule has 2 aromatic carbocycles. The van der Waals surface area contributed by atoms with E-state index in [1.54, 1.807) is 0 Å². The van der Waals surface area contributed by atoms with Crippen molar-refractivity contribution in [2.75, 3.05) is 7.05 Å². The molecule has 0 aromatic heterocycles. The summed E-state index contributed by atoms with van der Waals surface area (Å²) < 4.78 is 14.3. The molecule has 0 radical (unpaired) electrons. The van der Waals surface area contributed by atoms with Crippen LogP contribution in [0.2, 0.25) is 0 Å². The molecule has 1 N–H and O–H groups in total. The van der Waals surface area contributed by atoms with Gasteiger partial charge in [-0.3, -0.25) is 0 Å². The van der Waals surface area contributed by atoms with Gasteiger partial charge in [0.05, 0.1) is 0 Å². The highest BCUT2D eigenvalue weighted by Crippen LogP contribution is 2.27. The first-order valence-corrected chi connectivity index (χ1v) is 7.72. The Morgan fingerprint density at radius 1 is 1.14 bits per heavy atom. The highest BCUT2D eigenvalue weighted by molar-refractivity contribution is 5.36. The Labute approximate surface area is 126 Å². The van der Waals surface area contributed by atoms with Crippen molar-refractivity contribution in [3.05, 3.63) is 70.0 Å². The molecule has 1 atom stereocenters. The Hall–Kier alpha value is -1.67. The van der Waals surface area contributed by atoms with Gasteiger partial charge in [0.15, 0.2) is 0 Å². The number of halogens is 1. The lowest BCUT2D eigenvalue weighted by Crippen LogP contribution is -2.20. The Balaban J connectivity index is 1.86. The van der Waals surface area contributed by atoms with E-state index in [-0.39, 0.29) is 11.9 Å². The standard InChI is InChI=1S/C19H22FN/c1-13-5-3-8-17(19(13)20)18(21-2)12-14-9-10-15-6-4-7-16(15)11-14/h3,5,8-11,18,21H,4,6-7,12H2,1-2H3. The minimum atomic E-state index is -0.0852. The summed E-state index contributed by atoms with van der Waals surface area (Å²) in [4.78, 5) is 0. The van der Waals surface area contributed by atoms with Crippen LogP contribution in [0.3, 0.4) is 0 Å². The molecule has 1 aliphatic carbocycles. The van der Waals surface area contributed by atoms with Crippen LogP contribution in [0.15, 0.2) is 36.4 Å². The van der Waals surface area contributed by atoms with Crippen molar-refractivity contribution in [1.29, 1.82) is 0 Å². The van der Waals surface area contributed by atoms with Crippen molar-refractivity contribution in [1.82, 2.24) is 5.32 Å². The number of benzene rings is 2. The van der Waals surface area contributed by atoms with Gasteiger partial charge >= 0.3 is 0 Å². The highest BCUT2D eigenvalue weighted by atomic mass is 19.1. The van der Waals surface area contributed by atoms with Crippen LogP contribution in [0, 0.1) is 12.7 Å². The third-order valence-electron chi connectivity index (χ3n) is 4.55. The maximum atomic E-state index is 14.3. The van der Waals surface area contributed by atoms with Crippen molar-refractivity contribution in [3.63, 3.8) is 0 Å². The molecule has 0 bridgehead atoms. The fraction of sp³-hybridized carbons (Fsp3) is 0.368. The van der Waals surface area contributed by atoms with E-state index in [4.69, 9.17) is 0 Å². The lowest BCUT2D eigenvalue weighted by atomic mass is 9.95. The molecule has 0 fully saturated rings. The van der Waals surface area contributed by atoms with E-state index < -0.39 is 0 Å². The van der Waals surface area contributed by atoms with Gasteiger partial charge in [0.25, 0.3) is 0 Å². The zero-order chi connectivity index (χ0) is 14.8. The topological polar surface area (TPSA) is 12.0 Å². The average Bonchev–Trinajstić information content (AvgIpc) is 2.95. The Kier molecular flexibility index (Phi) is 4.07. The Morgan fingerprint density at radius 2 is 1.95 bits per heavy atom. The van der Waals surface area contributed by atoms with Gasteiger partial charge in [-0.15, -0.1) is 0 Å². The molecule has 0 saturated heterocycles. The van der Waals surface area contributed by atoms with Crippen LogP contribution >= 0.6 is 0 Å². The van der Waals surface area contributed by atoms with Gasteiger partial charge in [-0.1, -0.05) is 36.4 Å². The smallest absolute Gasteiger partial charge is 0.130 e. The molecule has 1 aliphatic rings. The molecule has 1 nitrogen and oxygen atoms in total. The first-order chi connectivity index (χ1) is 10.2. The quantitative estimate of drug-likeness (QED) is 0.889. The second kappa shape index (κ2) is 5.98. The van der Waals surface area contributed by atoms with Crippen LogP contribution in [0.5, 0.6) is 0 Å². The normalized spacial score (nSPS) is 15.0. The highest BCUT2D eigenvalue weighted by Gasteiger charge is 2.17. The van der Waals surface area contributed by atoms with Crippen molar-refractivity contribution in [2.45, 2.75) is 38.6 Å². The number of fused-ring (bicyclic) bond motifs is 1. The summed E-state index contributed by atoms with van der Waals surface area (Å²) in [6.07, 6.45) is 4.48. The van der Waals surface area contributed by atoms with Gasteiger partial charge in [-0.05, 0) is 61.9 Å².